The molecule has 0 spiro atoms. The zero-order chi connectivity index (χ0) is 40.6. The van der Waals surface area contributed by atoms with Crippen molar-refractivity contribution in [1.29, 1.82) is 0 Å². The Bertz CT molecular complexity index is 3470. The maximum absolute atomic E-state index is 8.09. The minimum absolute atomic E-state index is 0.0369. The normalized spacial score (nSPS) is 14.1. The first-order valence-corrected chi connectivity index (χ1v) is 19.2. The van der Waals surface area contributed by atoms with Crippen LogP contribution in [0.15, 0.2) is 164 Å². The van der Waals surface area contributed by atoms with Crippen molar-refractivity contribution in [2.45, 2.75) is 0 Å². The zero-order valence-corrected chi connectivity index (χ0v) is 30.7. The molecule has 8 nitrogen and oxygen atoms in total. The van der Waals surface area contributed by atoms with Crippen LogP contribution in [0.1, 0.15) is 4.11 Å². The number of hydrogen-bond acceptors (Lipinski definition) is 5. The molecular formula is C49H31BN6O2. The largest absolute Gasteiger partial charge is 0.458 e. The summed E-state index contributed by atoms with van der Waals surface area (Å²) in [4.78, 5) is 7.34. The van der Waals surface area contributed by atoms with Gasteiger partial charge in [-0.3, -0.25) is 4.57 Å². The molecule has 272 valence electrons. The predicted molar refractivity (Wildman–Crippen MR) is 231 cm³/mol. The minimum atomic E-state index is -2.39. The van der Waals surface area contributed by atoms with Gasteiger partial charge in [0.2, 0.25) is 6.33 Å². The summed E-state index contributed by atoms with van der Waals surface area (Å²) < 4.78 is 42.9. The summed E-state index contributed by atoms with van der Waals surface area (Å²) in [5, 5.41) is 6.01. The van der Waals surface area contributed by atoms with Crippen molar-refractivity contribution < 1.29 is 18.2 Å². The molecule has 1 N–H and O–H groups in total. The third-order valence-electron chi connectivity index (χ3n) is 11.7. The predicted octanol–water partition coefficient (Wildman–Crippen LogP) is 9.00. The Morgan fingerprint density at radius 3 is 2.33 bits per heavy atom. The van der Waals surface area contributed by atoms with Gasteiger partial charge in [0.25, 0.3) is 6.71 Å². The lowest BCUT2D eigenvalue weighted by Gasteiger charge is -2.43. The second kappa shape index (κ2) is 11.6. The van der Waals surface area contributed by atoms with E-state index in [9.17, 15) is 0 Å². The number of nitrogens with zero attached hydrogens (tertiary/aromatic N) is 5. The van der Waals surface area contributed by atoms with E-state index in [0.29, 0.717) is 17.0 Å². The Morgan fingerprint density at radius 2 is 1.45 bits per heavy atom. The van der Waals surface area contributed by atoms with E-state index < -0.39 is 6.98 Å². The van der Waals surface area contributed by atoms with Gasteiger partial charge in [-0.2, -0.15) is 0 Å². The number of fused-ring (bicyclic) bond motifs is 5. The number of benzene rings is 7. The summed E-state index contributed by atoms with van der Waals surface area (Å²) in [7, 11) is 0. The van der Waals surface area contributed by atoms with Gasteiger partial charge < -0.3 is 28.8 Å². The third kappa shape index (κ3) is 4.30. The number of pyridine rings is 1. The summed E-state index contributed by atoms with van der Waals surface area (Å²) >= 11 is 0. The number of aryl methyl sites for hydroxylation is 1. The summed E-state index contributed by atoms with van der Waals surface area (Å²) in [6.45, 7) is -2.42. The van der Waals surface area contributed by atoms with Gasteiger partial charge >= 0.3 is 0 Å². The zero-order valence-electron chi connectivity index (χ0n) is 33.7. The lowest BCUT2D eigenvalue weighted by Crippen LogP contribution is -2.62. The molecule has 0 unspecified atom stereocenters. The number of ether oxygens (including phenoxy) is 2. The second-order valence-electron chi connectivity index (χ2n) is 14.9. The van der Waals surface area contributed by atoms with Gasteiger partial charge in [0, 0.05) is 57.5 Å². The van der Waals surface area contributed by atoms with Crippen molar-refractivity contribution in [1.82, 2.24) is 14.1 Å². The van der Waals surface area contributed by atoms with E-state index in [0.717, 1.165) is 89.7 Å². The molecule has 3 aliphatic rings. The van der Waals surface area contributed by atoms with E-state index in [4.69, 9.17) is 18.6 Å². The summed E-state index contributed by atoms with van der Waals surface area (Å²) in [6.07, 6.45) is 4.88. The van der Waals surface area contributed by atoms with Crippen molar-refractivity contribution in [2.24, 2.45) is 6.98 Å². The highest BCUT2D eigenvalue weighted by atomic mass is 16.5. The van der Waals surface area contributed by atoms with Crippen LogP contribution in [0.2, 0.25) is 0 Å². The van der Waals surface area contributed by atoms with Crippen molar-refractivity contribution in [3.05, 3.63) is 170 Å². The fourth-order valence-corrected chi connectivity index (χ4v) is 9.45. The smallest absolute Gasteiger partial charge is 0.261 e. The lowest BCUT2D eigenvalue weighted by atomic mass is 9.32. The van der Waals surface area contributed by atoms with Crippen LogP contribution >= 0.6 is 0 Å². The van der Waals surface area contributed by atoms with E-state index in [1.54, 1.807) is 10.6 Å². The van der Waals surface area contributed by atoms with E-state index in [1.165, 1.54) is 10.0 Å². The Balaban J connectivity index is 0.948. The number of nitrogens with one attached hydrogen (secondary N) is 1. The summed E-state index contributed by atoms with van der Waals surface area (Å²) in [5.41, 5.74) is 13.6. The van der Waals surface area contributed by atoms with Crippen molar-refractivity contribution in [2.75, 3.05) is 10.2 Å². The molecule has 3 aromatic heterocycles. The van der Waals surface area contributed by atoms with Gasteiger partial charge in [0.1, 0.15) is 28.6 Å². The molecule has 0 radical (unpaired) electrons. The Kier molecular flexibility index (Phi) is 5.73. The average molecular weight is 750 g/mol. The molecule has 0 amide bonds. The highest BCUT2D eigenvalue weighted by Crippen LogP contribution is 2.47. The highest BCUT2D eigenvalue weighted by molar-refractivity contribution is 7.01. The van der Waals surface area contributed by atoms with Gasteiger partial charge in [0.05, 0.1) is 39.0 Å². The fourth-order valence-electron chi connectivity index (χ4n) is 9.45. The number of anilines is 5. The van der Waals surface area contributed by atoms with Crippen LogP contribution < -0.4 is 40.6 Å². The average Bonchev–Trinajstić information content (AvgIpc) is 3.84. The van der Waals surface area contributed by atoms with Crippen molar-refractivity contribution in [3.63, 3.8) is 0 Å². The van der Waals surface area contributed by atoms with E-state index >= 15 is 0 Å². The third-order valence-corrected chi connectivity index (χ3v) is 11.7. The van der Waals surface area contributed by atoms with Crippen LogP contribution in [-0.4, -0.2) is 20.8 Å². The molecule has 0 fully saturated rings. The molecule has 0 atom stereocenters. The minimum Gasteiger partial charge on any atom is -0.458 e. The number of para-hydroxylation sites is 3. The molecule has 13 rings (SSSR count). The Morgan fingerprint density at radius 1 is 0.690 bits per heavy atom. The molecule has 58 heavy (non-hydrogen) atoms. The van der Waals surface area contributed by atoms with Crippen LogP contribution in [-0.2, 0) is 6.98 Å². The summed E-state index contributed by atoms with van der Waals surface area (Å²) in [6, 6.07) is 52.7. The van der Waals surface area contributed by atoms with Crippen LogP contribution in [0, 0.1) is 6.33 Å². The topological polar surface area (TPSA) is 60.4 Å². The van der Waals surface area contributed by atoms with Crippen LogP contribution in [0.4, 0.5) is 28.4 Å². The molecule has 3 aliphatic heterocycles. The van der Waals surface area contributed by atoms with E-state index in [1.807, 2.05) is 72.9 Å². The first kappa shape index (κ1) is 28.6. The SMILES string of the molecule is [2H]C([2H])([2H])[n+]1[c-]n(-c2cccc(Oc3cccc(-n4c5cc6c7c(c5c5cccnc54)Nc4cccc5c4B7c4c(cccc4N5c4ccccc4)O6)c3)c2)c2ccccc21. The van der Waals surface area contributed by atoms with Gasteiger partial charge in [-0.1, -0.05) is 72.8 Å². The van der Waals surface area contributed by atoms with Crippen molar-refractivity contribution >= 4 is 84.5 Å². The van der Waals surface area contributed by atoms with Crippen LogP contribution in [0.25, 0.3) is 44.3 Å². The van der Waals surface area contributed by atoms with Gasteiger partial charge in [-0.15, -0.1) is 0 Å². The van der Waals surface area contributed by atoms with E-state index in [-0.39, 0.29) is 6.71 Å². The lowest BCUT2D eigenvalue weighted by molar-refractivity contribution is -0.649. The Hall–Kier alpha value is -7.78. The maximum Gasteiger partial charge on any atom is 0.261 e. The first-order valence-electron chi connectivity index (χ1n) is 20.7. The quantitative estimate of drug-likeness (QED) is 0.108. The van der Waals surface area contributed by atoms with Gasteiger partial charge in [0.15, 0.2) is 0 Å². The molecular weight excluding hydrogens is 715 g/mol. The standard InChI is InChI=1S/C49H31BN6O2/c1-53-29-54(38-21-6-5-20-37(38)53)31-14-7-16-33(26-31)57-34-17-8-15-32(27-34)56-41-28-43-47-48(44(41)35-18-11-25-51-49(35)56)52-36-19-9-22-39-45(36)50(47)46-40(23-10-24-42(46)58-43)55(39)30-12-3-2-4-13-30/h2-28,52H,1H3/i1D3. The highest BCUT2D eigenvalue weighted by Gasteiger charge is 2.47. The van der Waals surface area contributed by atoms with Crippen molar-refractivity contribution in [3.8, 4) is 34.4 Å². The number of aromatic nitrogens is 4. The van der Waals surface area contributed by atoms with Gasteiger partial charge in [-0.05, 0) is 89.2 Å². The molecule has 0 aliphatic carbocycles. The van der Waals surface area contributed by atoms with Crippen LogP contribution in [0.3, 0.4) is 0 Å². The fraction of sp³-hybridized carbons (Fsp3) is 0.0204. The molecule has 0 saturated heterocycles. The van der Waals surface area contributed by atoms with E-state index in [2.05, 4.69) is 106 Å². The van der Waals surface area contributed by atoms with Gasteiger partial charge in [-0.25, -0.2) is 4.98 Å². The molecule has 10 aromatic rings. The van der Waals surface area contributed by atoms with Crippen LogP contribution in [0.5, 0.6) is 23.0 Å². The maximum atomic E-state index is 8.09. The molecule has 7 aromatic carbocycles. The monoisotopic (exact) mass is 749 g/mol. The molecule has 0 bridgehead atoms. The molecule has 0 saturated carbocycles. The summed E-state index contributed by atoms with van der Waals surface area (Å²) in [5.74, 6) is 2.87. The Labute approximate surface area is 337 Å². The molecule has 9 heteroatoms. The number of imidazole rings is 1. The second-order valence-corrected chi connectivity index (χ2v) is 14.9. The first-order chi connectivity index (χ1) is 29.9. The number of hydrogen-bond donors (Lipinski definition) is 1. The molecule has 6 heterocycles. The number of rotatable bonds is 5.